The molecule has 0 spiro atoms. The zero-order chi connectivity index (χ0) is 16.7. The molecule has 0 aromatic carbocycles. The summed E-state index contributed by atoms with van der Waals surface area (Å²) < 4.78 is 27.2. The van der Waals surface area contributed by atoms with Crippen molar-refractivity contribution < 1.29 is 8.78 Å². The molecular formula is C15H13ClF2N6O. The first-order valence-corrected chi connectivity index (χ1v) is 7.19. The van der Waals surface area contributed by atoms with Crippen LogP contribution in [0.5, 0.6) is 0 Å². The van der Waals surface area contributed by atoms with Crippen molar-refractivity contribution in [2.24, 2.45) is 0 Å². The molecule has 3 aromatic rings. The van der Waals surface area contributed by atoms with E-state index < -0.39 is 5.92 Å². The number of aromatic amines is 1. The van der Waals surface area contributed by atoms with Gasteiger partial charge in [0, 0.05) is 30.2 Å². The van der Waals surface area contributed by atoms with Gasteiger partial charge in [0.05, 0.1) is 18.7 Å². The minimum Gasteiger partial charge on any atom is -0.344 e. The quantitative estimate of drug-likeness (QED) is 0.765. The molecule has 1 N–H and O–H groups in total. The summed E-state index contributed by atoms with van der Waals surface area (Å²) in [4.78, 5) is 26.0. The van der Waals surface area contributed by atoms with Crippen molar-refractivity contribution in [3.8, 4) is 16.9 Å². The normalized spacial score (nSPS) is 15.4. The van der Waals surface area contributed by atoms with Crippen LogP contribution in [0.2, 0.25) is 0 Å². The van der Waals surface area contributed by atoms with Gasteiger partial charge in [0.2, 0.25) is 0 Å². The summed E-state index contributed by atoms with van der Waals surface area (Å²) in [5.41, 5.74) is 0.814. The first-order valence-electron chi connectivity index (χ1n) is 7.19. The SMILES string of the molecule is Cl.O=c1c(-c2cccnc2)c[nH]n1-c1cc(N2CC(F)(F)C2)ncn1. The molecule has 4 heterocycles. The van der Waals surface area contributed by atoms with Gasteiger partial charge in [-0.3, -0.25) is 14.9 Å². The third kappa shape index (κ3) is 3.10. The molecule has 0 amide bonds. The Labute approximate surface area is 146 Å². The van der Waals surface area contributed by atoms with Crippen molar-refractivity contribution in [1.29, 1.82) is 0 Å². The van der Waals surface area contributed by atoms with Crippen LogP contribution < -0.4 is 10.5 Å². The molecule has 0 radical (unpaired) electrons. The van der Waals surface area contributed by atoms with Crippen LogP contribution in [0, 0.1) is 0 Å². The number of H-pyrrole nitrogens is 1. The first-order chi connectivity index (χ1) is 11.5. The Morgan fingerprint density at radius 1 is 1.20 bits per heavy atom. The monoisotopic (exact) mass is 366 g/mol. The molecule has 25 heavy (non-hydrogen) atoms. The van der Waals surface area contributed by atoms with E-state index in [1.165, 1.54) is 22.0 Å². The molecule has 7 nitrogen and oxygen atoms in total. The van der Waals surface area contributed by atoms with E-state index in [0.717, 1.165) is 0 Å². The van der Waals surface area contributed by atoms with Crippen molar-refractivity contribution in [3.63, 3.8) is 0 Å². The lowest BCUT2D eigenvalue weighted by molar-refractivity contribution is -0.0267. The predicted octanol–water partition coefficient (Wildman–Crippen LogP) is 1.89. The van der Waals surface area contributed by atoms with E-state index in [1.54, 1.807) is 30.7 Å². The lowest BCUT2D eigenvalue weighted by Crippen LogP contribution is -2.56. The number of rotatable bonds is 3. The standard InChI is InChI=1S/C15H12F2N6O.ClH/c16-15(17)7-22(8-15)12-4-13(20-9-19-12)23-14(24)11(6-21-23)10-2-1-3-18-5-10;/h1-6,9,21H,7-8H2;1H. The second-order valence-electron chi connectivity index (χ2n) is 5.52. The molecule has 1 aliphatic rings. The Morgan fingerprint density at radius 3 is 2.64 bits per heavy atom. The highest BCUT2D eigenvalue weighted by Gasteiger charge is 2.44. The van der Waals surface area contributed by atoms with Crippen LogP contribution in [0.25, 0.3) is 16.9 Å². The van der Waals surface area contributed by atoms with Crippen LogP contribution in [-0.2, 0) is 0 Å². The minimum atomic E-state index is -2.69. The fourth-order valence-corrected chi connectivity index (χ4v) is 2.58. The highest BCUT2D eigenvalue weighted by atomic mass is 35.5. The van der Waals surface area contributed by atoms with E-state index in [4.69, 9.17) is 0 Å². The second-order valence-corrected chi connectivity index (χ2v) is 5.52. The lowest BCUT2D eigenvalue weighted by Gasteiger charge is -2.39. The van der Waals surface area contributed by atoms with Crippen molar-refractivity contribution >= 4 is 18.2 Å². The summed E-state index contributed by atoms with van der Waals surface area (Å²) in [5, 5.41) is 2.83. The van der Waals surface area contributed by atoms with Crippen LogP contribution in [0.3, 0.4) is 0 Å². The van der Waals surface area contributed by atoms with Gasteiger partial charge in [0.1, 0.15) is 12.1 Å². The molecule has 0 atom stereocenters. The van der Waals surface area contributed by atoms with E-state index in [1.807, 2.05) is 0 Å². The molecule has 1 fully saturated rings. The molecule has 1 aliphatic heterocycles. The summed E-state index contributed by atoms with van der Waals surface area (Å²) in [6, 6.07) is 5.01. The number of nitrogens with one attached hydrogen (secondary N) is 1. The van der Waals surface area contributed by atoms with Crippen LogP contribution in [0.4, 0.5) is 14.6 Å². The Bertz CT molecular complexity index is 934. The van der Waals surface area contributed by atoms with Gasteiger partial charge in [-0.15, -0.1) is 12.4 Å². The molecule has 0 unspecified atom stereocenters. The maximum atomic E-state index is 13.0. The average molecular weight is 367 g/mol. The van der Waals surface area contributed by atoms with E-state index in [2.05, 4.69) is 20.1 Å². The van der Waals surface area contributed by atoms with Crippen LogP contribution >= 0.6 is 12.4 Å². The first kappa shape index (κ1) is 17.0. The Morgan fingerprint density at radius 2 is 1.96 bits per heavy atom. The maximum absolute atomic E-state index is 13.0. The Hall–Kier alpha value is -2.81. The summed E-state index contributed by atoms with van der Waals surface area (Å²) in [6.45, 7) is -0.770. The number of hydrogen-bond donors (Lipinski definition) is 1. The van der Waals surface area contributed by atoms with Crippen LogP contribution in [0.1, 0.15) is 0 Å². The van der Waals surface area contributed by atoms with Crippen LogP contribution in [0.15, 0.2) is 47.9 Å². The van der Waals surface area contributed by atoms with Gasteiger partial charge in [-0.25, -0.2) is 23.4 Å². The van der Waals surface area contributed by atoms with E-state index in [0.29, 0.717) is 16.9 Å². The number of pyridine rings is 1. The van der Waals surface area contributed by atoms with E-state index in [-0.39, 0.29) is 36.9 Å². The van der Waals surface area contributed by atoms with Gasteiger partial charge >= 0.3 is 0 Å². The molecule has 0 saturated carbocycles. The molecule has 130 valence electrons. The smallest absolute Gasteiger partial charge is 0.282 e. The minimum absolute atomic E-state index is 0. The number of hydrogen-bond acceptors (Lipinski definition) is 5. The topological polar surface area (TPSA) is 79.7 Å². The van der Waals surface area contributed by atoms with Crippen molar-refractivity contribution in [2.75, 3.05) is 18.0 Å². The summed E-state index contributed by atoms with van der Waals surface area (Å²) in [5.74, 6) is -2.05. The molecular weight excluding hydrogens is 354 g/mol. The van der Waals surface area contributed by atoms with Crippen molar-refractivity contribution in [3.05, 3.63) is 53.5 Å². The predicted molar refractivity (Wildman–Crippen MR) is 89.6 cm³/mol. The average Bonchev–Trinajstić information content (AvgIpc) is 2.95. The number of aromatic nitrogens is 5. The molecule has 4 rings (SSSR count). The number of anilines is 1. The van der Waals surface area contributed by atoms with Gasteiger partial charge in [-0.1, -0.05) is 6.07 Å². The van der Waals surface area contributed by atoms with E-state index >= 15 is 0 Å². The molecule has 1 saturated heterocycles. The summed E-state index contributed by atoms with van der Waals surface area (Å²) >= 11 is 0. The lowest BCUT2D eigenvalue weighted by atomic mass is 10.1. The number of nitrogens with zero attached hydrogens (tertiary/aromatic N) is 5. The molecule has 0 aliphatic carbocycles. The van der Waals surface area contributed by atoms with Crippen molar-refractivity contribution in [1.82, 2.24) is 24.7 Å². The zero-order valence-corrected chi connectivity index (χ0v) is 13.6. The van der Waals surface area contributed by atoms with E-state index in [9.17, 15) is 13.6 Å². The van der Waals surface area contributed by atoms with Crippen LogP contribution in [-0.4, -0.2) is 43.7 Å². The maximum Gasteiger partial charge on any atom is 0.282 e. The summed E-state index contributed by atoms with van der Waals surface area (Å²) in [7, 11) is 0. The number of alkyl halides is 2. The molecule has 10 heteroatoms. The Balaban J connectivity index is 0.00000182. The fourth-order valence-electron chi connectivity index (χ4n) is 2.58. The highest BCUT2D eigenvalue weighted by Crippen LogP contribution is 2.30. The third-order valence-corrected chi connectivity index (χ3v) is 3.78. The molecule has 0 bridgehead atoms. The Kier molecular flexibility index (Phi) is 4.25. The second kappa shape index (κ2) is 6.25. The third-order valence-electron chi connectivity index (χ3n) is 3.78. The highest BCUT2D eigenvalue weighted by molar-refractivity contribution is 5.85. The van der Waals surface area contributed by atoms with Gasteiger partial charge in [-0.2, -0.15) is 0 Å². The zero-order valence-electron chi connectivity index (χ0n) is 12.8. The largest absolute Gasteiger partial charge is 0.344 e. The molecule has 3 aromatic heterocycles. The summed E-state index contributed by atoms with van der Waals surface area (Å²) in [6.07, 6.45) is 6.01. The van der Waals surface area contributed by atoms with Gasteiger partial charge in [0.15, 0.2) is 5.82 Å². The fraction of sp³-hybridized carbons (Fsp3) is 0.200. The van der Waals surface area contributed by atoms with Gasteiger partial charge in [-0.05, 0) is 6.07 Å². The number of halogens is 3. The van der Waals surface area contributed by atoms with Crippen molar-refractivity contribution in [2.45, 2.75) is 5.92 Å². The van der Waals surface area contributed by atoms with Gasteiger partial charge < -0.3 is 4.90 Å². The van der Waals surface area contributed by atoms with Gasteiger partial charge in [0.25, 0.3) is 11.5 Å².